The van der Waals surface area contributed by atoms with Gasteiger partial charge in [-0.15, -0.1) is 0 Å². The van der Waals surface area contributed by atoms with Crippen LogP contribution in [-0.4, -0.2) is 23.0 Å². The molecule has 0 aliphatic carbocycles. The maximum absolute atomic E-state index is 10.5. The molecule has 2 unspecified atom stereocenters. The summed E-state index contributed by atoms with van der Waals surface area (Å²) in [5, 5.41) is 17.0. The van der Waals surface area contributed by atoms with Crippen molar-refractivity contribution in [2.24, 2.45) is 5.10 Å². The monoisotopic (exact) mass is 276 g/mol. The third-order valence-electron chi connectivity index (χ3n) is 4.12. The summed E-state index contributed by atoms with van der Waals surface area (Å²) in [4.78, 5) is 0. The lowest BCUT2D eigenvalue weighted by molar-refractivity contribution is 0.220. The summed E-state index contributed by atoms with van der Waals surface area (Å²) >= 11 is 0. The number of aliphatic hydroxyl groups excluding tert-OH is 1. The maximum Gasteiger partial charge on any atom is 0.120 e. The first-order chi connectivity index (χ1) is 10.3. The minimum absolute atomic E-state index is 0.0397. The topological polar surface area (TPSA) is 35.8 Å². The van der Waals surface area contributed by atoms with E-state index in [1.54, 1.807) is 0 Å². The zero-order chi connectivity index (χ0) is 14.2. The molecule has 0 aromatic heterocycles. The van der Waals surface area contributed by atoms with Gasteiger partial charge in [-0.1, -0.05) is 54.6 Å². The summed E-state index contributed by atoms with van der Waals surface area (Å²) in [7, 11) is 0. The van der Waals surface area contributed by atoms with Gasteiger partial charge in [-0.25, -0.2) is 0 Å². The number of anilines is 1. The van der Waals surface area contributed by atoms with E-state index < -0.39 is 6.10 Å². The molecule has 3 heteroatoms. The van der Waals surface area contributed by atoms with Crippen molar-refractivity contribution in [2.75, 3.05) is 5.01 Å². The number of hydrazone groups is 1. The standard InChI is InChI=1S/C18H16N2O/c21-18-15(11-10-13-6-2-1-3-7-13)19-20-16-9-5-4-8-14(16)12-17(18)20/h1-11,17-18,21H,12H2/b11-10+. The predicted octanol–water partition coefficient (Wildman–Crippen LogP) is 2.86. The third-order valence-corrected chi connectivity index (χ3v) is 4.12. The van der Waals surface area contributed by atoms with Gasteiger partial charge in [0.25, 0.3) is 0 Å². The van der Waals surface area contributed by atoms with Crippen molar-refractivity contribution in [1.82, 2.24) is 0 Å². The van der Waals surface area contributed by atoms with Crippen LogP contribution in [0.2, 0.25) is 0 Å². The molecule has 2 aliphatic heterocycles. The van der Waals surface area contributed by atoms with Crippen LogP contribution in [0.3, 0.4) is 0 Å². The smallest absolute Gasteiger partial charge is 0.120 e. The molecule has 2 heterocycles. The van der Waals surface area contributed by atoms with E-state index in [4.69, 9.17) is 0 Å². The van der Waals surface area contributed by atoms with Crippen LogP contribution in [0.5, 0.6) is 0 Å². The lowest BCUT2D eigenvalue weighted by Gasteiger charge is -2.16. The number of fused-ring (bicyclic) bond motifs is 3. The Morgan fingerprint density at radius 1 is 1.00 bits per heavy atom. The van der Waals surface area contributed by atoms with Gasteiger partial charge in [0.15, 0.2) is 0 Å². The molecule has 0 saturated carbocycles. The first-order valence-electron chi connectivity index (χ1n) is 7.20. The summed E-state index contributed by atoms with van der Waals surface area (Å²) in [6, 6.07) is 18.3. The highest BCUT2D eigenvalue weighted by Gasteiger charge is 2.40. The molecular weight excluding hydrogens is 260 g/mol. The van der Waals surface area contributed by atoms with Gasteiger partial charge in [-0.3, -0.25) is 5.01 Å². The molecule has 0 fully saturated rings. The molecule has 2 aromatic carbocycles. The number of nitrogens with zero attached hydrogens (tertiary/aromatic N) is 2. The van der Waals surface area contributed by atoms with Crippen LogP contribution in [0.4, 0.5) is 5.69 Å². The summed E-state index contributed by atoms with van der Waals surface area (Å²) in [6.07, 6.45) is 4.23. The maximum atomic E-state index is 10.5. The quantitative estimate of drug-likeness (QED) is 0.915. The molecule has 0 spiro atoms. The average molecular weight is 276 g/mol. The molecule has 4 rings (SSSR count). The Hall–Kier alpha value is -2.39. The van der Waals surface area contributed by atoms with Gasteiger partial charge >= 0.3 is 0 Å². The van der Waals surface area contributed by atoms with Crippen molar-refractivity contribution in [2.45, 2.75) is 18.6 Å². The Balaban J connectivity index is 1.63. The van der Waals surface area contributed by atoms with Crippen LogP contribution >= 0.6 is 0 Å². The summed E-state index contributed by atoms with van der Waals surface area (Å²) in [6.45, 7) is 0. The summed E-state index contributed by atoms with van der Waals surface area (Å²) in [5.41, 5.74) is 4.22. The zero-order valence-corrected chi connectivity index (χ0v) is 11.6. The number of hydrogen-bond acceptors (Lipinski definition) is 3. The van der Waals surface area contributed by atoms with Crippen LogP contribution in [0.25, 0.3) is 6.08 Å². The molecule has 0 amide bonds. The molecule has 1 N–H and O–H groups in total. The fraction of sp³-hybridized carbons (Fsp3) is 0.167. The fourth-order valence-electron chi connectivity index (χ4n) is 3.03. The molecule has 0 bridgehead atoms. The van der Waals surface area contributed by atoms with E-state index >= 15 is 0 Å². The van der Waals surface area contributed by atoms with Crippen LogP contribution in [-0.2, 0) is 6.42 Å². The van der Waals surface area contributed by atoms with Crippen molar-refractivity contribution in [3.63, 3.8) is 0 Å². The van der Waals surface area contributed by atoms with E-state index in [2.05, 4.69) is 17.2 Å². The normalized spacial score (nSPS) is 23.3. The van der Waals surface area contributed by atoms with Crippen molar-refractivity contribution >= 4 is 17.5 Å². The molecule has 0 saturated heterocycles. The van der Waals surface area contributed by atoms with Gasteiger partial charge in [0, 0.05) is 0 Å². The summed E-state index contributed by atoms with van der Waals surface area (Å²) < 4.78 is 0. The van der Waals surface area contributed by atoms with Crippen LogP contribution in [0.15, 0.2) is 65.8 Å². The molecule has 2 aliphatic rings. The van der Waals surface area contributed by atoms with E-state index in [0.717, 1.165) is 23.4 Å². The lowest BCUT2D eigenvalue weighted by atomic mass is 10.0. The molecular formula is C18H16N2O. The van der Waals surface area contributed by atoms with Gasteiger partial charge in [0.1, 0.15) is 6.10 Å². The van der Waals surface area contributed by atoms with Crippen LogP contribution < -0.4 is 5.01 Å². The van der Waals surface area contributed by atoms with Crippen molar-refractivity contribution in [3.8, 4) is 0 Å². The van der Waals surface area contributed by atoms with Crippen molar-refractivity contribution in [1.29, 1.82) is 0 Å². The van der Waals surface area contributed by atoms with Gasteiger partial charge < -0.3 is 5.11 Å². The SMILES string of the molecule is OC1C(/C=C/c2ccccc2)=NN2c3ccccc3CC12. The van der Waals surface area contributed by atoms with Gasteiger partial charge in [-0.05, 0) is 29.7 Å². The van der Waals surface area contributed by atoms with Crippen molar-refractivity contribution in [3.05, 3.63) is 71.8 Å². The Morgan fingerprint density at radius 3 is 2.62 bits per heavy atom. The molecule has 0 radical (unpaired) electrons. The Morgan fingerprint density at radius 2 is 1.76 bits per heavy atom. The minimum Gasteiger partial charge on any atom is -0.384 e. The number of aliphatic hydroxyl groups is 1. The third kappa shape index (κ3) is 2.06. The van der Waals surface area contributed by atoms with E-state index in [9.17, 15) is 5.11 Å². The number of benzene rings is 2. The molecule has 3 nitrogen and oxygen atoms in total. The zero-order valence-electron chi connectivity index (χ0n) is 11.6. The average Bonchev–Trinajstić information content (AvgIpc) is 3.04. The molecule has 2 aromatic rings. The Labute approximate surface area is 123 Å². The van der Waals surface area contributed by atoms with E-state index in [1.165, 1.54) is 5.56 Å². The highest BCUT2D eigenvalue weighted by atomic mass is 16.3. The second-order valence-corrected chi connectivity index (χ2v) is 5.46. The minimum atomic E-state index is -0.530. The molecule has 2 atom stereocenters. The van der Waals surface area contributed by atoms with Crippen molar-refractivity contribution < 1.29 is 5.11 Å². The Kier molecular flexibility index (Phi) is 2.86. The van der Waals surface area contributed by atoms with E-state index in [-0.39, 0.29) is 6.04 Å². The number of hydrogen-bond donors (Lipinski definition) is 1. The van der Waals surface area contributed by atoms with Gasteiger partial charge in [0.05, 0.1) is 17.4 Å². The molecule has 104 valence electrons. The lowest BCUT2D eigenvalue weighted by Crippen LogP contribution is -2.34. The Bertz CT molecular complexity index is 721. The van der Waals surface area contributed by atoms with Gasteiger partial charge in [-0.2, -0.15) is 5.10 Å². The van der Waals surface area contributed by atoms with Crippen LogP contribution in [0, 0.1) is 0 Å². The first kappa shape index (κ1) is 12.4. The number of para-hydroxylation sites is 1. The first-order valence-corrected chi connectivity index (χ1v) is 7.20. The largest absolute Gasteiger partial charge is 0.384 e. The second-order valence-electron chi connectivity index (χ2n) is 5.46. The highest BCUT2D eigenvalue weighted by molar-refractivity contribution is 6.04. The van der Waals surface area contributed by atoms with E-state index in [0.29, 0.717) is 0 Å². The second kappa shape index (κ2) is 4.86. The van der Waals surface area contributed by atoms with Gasteiger partial charge in [0.2, 0.25) is 0 Å². The highest BCUT2D eigenvalue weighted by Crippen LogP contribution is 2.37. The number of rotatable bonds is 2. The van der Waals surface area contributed by atoms with E-state index in [1.807, 2.05) is 59.6 Å². The molecule has 21 heavy (non-hydrogen) atoms. The fourth-order valence-corrected chi connectivity index (χ4v) is 3.03. The van der Waals surface area contributed by atoms with Crippen LogP contribution in [0.1, 0.15) is 11.1 Å². The predicted molar refractivity (Wildman–Crippen MR) is 85.3 cm³/mol. The summed E-state index contributed by atoms with van der Waals surface area (Å²) in [5.74, 6) is 0.